The van der Waals surface area contributed by atoms with E-state index in [0.29, 0.717) is 30.7 Å². The number of halogens is 2. The third-order valence-electron chi connectivity index (χ3n) is 4.30. The number of rotatable bonds is 1. The van der Waals surface area contributed by atoms with E-state index in [1.54, 1.807) is 6.07 Å². The quantitative estimate of drug-likeness (QED) is 0.843. The van der Waals surface area contributed by atoms with Crippen molar-refractivity contribution in [3.63, 3.8) is 0 Å². The highest BCUT2D eigenvalue weighted by Gasteiger charge is 2.30. The Morgan fingerprint density at radius 1 is 1.11 bits per heavy atom. The lowest BCUT2D eigenvalue weighted by atomic mass is 9.85. The predicted molar refractivity (Wildman–Crippen MR) is 68.8 cm³/mol. The van der Waals surface area contributed by atoms with Gasteiger partial charge in [0.15, 0.2) is 11.6 Å². The third kappa shape index (κ3) is 2.79. The van der Waals surface area contributed by atoms with Crippen molar-refractivity contribution in [2.24, 2.45) is 5.92 Å². The normalized spacial score (nSPS) is 31.6. The summed E-state index contributed by atoms with van der Waals surface area (Å²) < 4.78 is 32.1. The van der Waals surface area contributed by atoms with Gasteiger partial charge < -0.3 is 10.1 Å². The minimum absolute atomic E-state index is 0.180. The van der Waals surface area contributed by atoms with Crippen LogP contribution >= 0.6 is 0 Å². The molecule has 0 spiro atoms. The summed E-state index contributed by atoms with van der Waals surface area (Å²) >= 11 is 0. The summed E-state index contributed by atoms with van der Waals surface area (Å²) in [5.74, 6) is -1.05. The van der Waals surface area contributed by atoms with Crippen molar-refractivity contribution in [2.75, 3.05) is 13.2 Å². The molecule has 1 aromatic carbocycles. The summed E-state index contributed by atoms with van der Waals surface area (Å²) in [6.45, 7) is 1.38. The molecule has 1 aliphatic carbocycles. The highest BCUT2D eigenvalue weighted by atomic mass is 19.2. The summed E-state index contributed by atoms with van der Waals surface area (Å²) in [6, 6.07) is 4.55. The molecule has 0 aromatic heterocycles. The fraction of sp³-hybridized carbons (Fsp3) is 0.600. The van der Waals surface area contributed by atoms with Crippen LogP contribution in [0, 0.1) is 17.6 Å². The van der Waals surface area contributed by atoms with Gasteiger partial charge in [0.25, 0.3) is 0 Å². The third-order valence-corrected chi connectivity index (χ3v) is 4.30. The van der Waals surface area contributed by atoms with Gasteiger partial charge >= 0.3 is 0 Å². The van der Waals surface area contributed by atoms with Crippen LogP contribution < -0.4 is 5.32 Å². The van der Waals surface area contributed by atoms with Crippen LogP contribution in [-0.2, 0) is 4.74 Å². The van der Waals surface area contributed by atoms with Crippen LogP contribution in [-0.4, -0.2) is 19.2 Å². The highest BCUT2D eigenvalue weighted by molar-refractivity contribution is 5.21. The minimum atomic E-state index is -0.806. The summed E-state index contributed by atoms with van der Waals surface area (Å²) in [5.41, 5.74) is 0.713. The maximum atomic E-state index is 13.3. The summed E-state index contributed by atoms with van der Waals surface area (Å²) in [7, 11) is 0. The summed E-state index contributed by atoms with van der Waals surface area (Å²) in [4.78, 5) is 0. The molecule has 3 unspecified atom stereocenters. The number of nitrogens with one attached hydrogen (secondary N) is 1. The van der Waals surface area contributed by atoms with Crippen LogP contribution in [0.5, 0.6) is 0 Å². The molecule has 1 saturated heterocycles. The molecule has 2 nitrogen and oxygen atoms in total. The first-order chi connectivity index (χ1) is 9.24. The van der Waals surface area contributed by atoms with Crippen molar-refractivity contribution < 1.29 is 13.5 Å². The molecular weight excluding hydrogens is 248 g/mol. The van der Waals surface area contributed by atoms with E-state index >= 15 is 0 Å². The standard InChI is InChI=1S/C15H19F2NO/c16-12-6-5-10(7-13(12)17)15-8-18-14-4-2-1-3-11(14)9-19-15/h5-7,11,14-15,18H,1-4,8-9H2. The van der Waals surface area contributed by atoms with Gasteiger partial charge in [0, 0.05) is 12.6 Å². The van der Waals surface area contributed by atoms with Crippen LogP contribution in [0.15, 0.2) is 18.2 Å². The number of fused-ring (bicyclic) bond motifs is 1. The summed E-state index contributed by atoms with van der Waals surface area (Å²) in [6.07, 6.45) is 4.74. The first kappa shape index (κ1) is 13.0. The second-order valence-corrected chi connectivity index (χ2v) is 5.55. The van der Waals surface area contributed by atoms with E-state index in [0.717, 1.165) is 0 Å². The SMILES string of the molecule is Fc1ccc(C2CNC3CCCCC3CO2)cc1F. The van der Waals surface area contributed by atoms with Gasteiger partial charge in [-0.15, -0.1) is 0 Å². The number of hydrogen-bond acceptors (Lipinski definition) is 2. The van der Waals surface area contributed by atoms with Crippen LogP contribution in [0.1, 0.15) is 37.4 Å². The van der Waals surface area contributed by atoms with E-state index < -0.39 is 11.6 Å². The van der Waals surface area contributed by atoms with Crippen LogP contribution in [0.3, 0.4) is 0 Å². The number of ether oxygens (including phenoxy) is 1. The maximum Gasteiger partial charge on any atom is 0.159 e. The van der Waals surface area contributed by atoms with E-state index in [1.165, 1.54) is 37.8 Å². The number of hydrogen-bond donors (Lipinski definition) is 1. The second kappa shape index (κ2) is 5.55. The van der Waals surface area contributed by atoms with Gasteiger partial charge in [0.1, 0.15) is 0 Å². The van der Waals surface area contributed by atoms with Crippen molar-refractivity contribution >= 4 is 0 Å². The minimum Gasteiger partial charge on any atom is -0.372 e. The van der Waals surface area contributed by atoms with Crippen molar-refractivity contribution in [2.45, 2.75) is 37.8 Å². The molecule has 0 amide bonds. The summed E-state index contributed by atoms with van der Waals surface area (Å²) in [5, 5.41) is 3.52. The molecule has 1 N–H and O–H groups in total. The van der Waals surface area contributed by atoms with E-state index in [1.807, 2.05) is 0 Å². The Balaban J connectivity index is 1.73. The monoisotopic (exact) mass is 267 g/mol. The molecule has 4 heteroatoms. The van der Waals surface area contributed by atoms with E-state index in [4.69, 9.17) is 4.74 Å². The van der Waals surface area contributed by atoms with E-state index in [-0.39, 0.29) is 6.10 Å². The Bertz CT molecular complexity index is 436. The average molecular weight is 267 g/mol. The molecule has 2 aliphatic rings. The maximum absolute atomic E-state index is 13.3. The molecule has 0 bridgehead atoms. The van der Waals surface area contributed by atoms with Gasteiger partial charge in [-0.3, -0.25) is 0 Å². The van der Waals surface area contributed by atoms with Gasteiger partial charge in [0.05, 0.1) is 12.7 Å². The fourth-order valence-corrected chi connectivity index (χ4v) is 3.16. The smallest absolute Gasteiger partial charge is 0.159 e. The molecule has 3 rings (SSSR count). The molecule has 1 saturated carbocycles. The molecule has 2 fully saturated rings. The van der Waals surface area contributed by atoms with Crippen molar-refractivity contribution in [1.82, 2.24) is 5.32 Å². The van der Waals surface area contributed by atoms with Gasteiger partial charge in [-0.1, -0.05) is 18.9 Å². The first-order valence-corrected chi connectivity index (χ1v) is 7.04. The molecule has 104 valence electrons. The zero-order valence-corrected chi connectivity index (χ0v) is 10.9. The highest BCUT2D eigenvalue weighted by Crippen LogP contribution is 2.30. The molecule has 3 atom stereocenters. The van der Waals surface area contributed by atoms with Gasteiger partial charge in [-0.05, 0) is 36.5 Å². The van der Waals surface area contributed by atoms with E-state index in [9.17, 15) is 8.78 Å². The Kier molecular flexibility index (Phi) is 3.80. The van der Waals surface area contributed by atoms with Crippen LogP contribution in [0.4, 0.5) is 8.78 Å². The Hall–Kier alpha value is -1.00. The van der Waals surface area contributed by atoms with E-state index in [2.05, 4.69) is 5.32 Å². The fourth-order valence-electron chi connectivity index (χ4n) is 3.16. The first-order valence-electron chi connectivity index (χ1n) is 7.04. The molecule has 0 radical (unpaired) electrons. The van der Waals surface area contributed by atoms with Gasteiger partial charge in [-0.25, -0.2) is 8.78 Å². The molecule has 19 heavy (non-hydrogen) atoms. The van der Waals surface area contributed by atoms with Crippen molar-refractivity contribution in [1.29, 1.82) is 0 Å². The Labute approximate surface area is 112 Å². The zero-order valence-electron chi connectivity index (χ0n) is 10.9. The topological polar surface area (TPSA) is 21.3 Å². The zero-order chi connectivity index (χ0) is 13.2. The van der Waals surface area contributed by atoms with Gasteiger partial charge in [0.2, 0.25) is 0 Å². The predicted octanol–water partition coefficient (Wildman–Crippen LogP) is 3.18. The van der Waals surface area contributed by atoms with Gasteiger partial charge in [-0.2, -0.15) is 0 Å². The molecule has 1 aliphatic heterocycles. The second-order valence-electron chi connectivity index (χ2n) is 5.55. The number of benzene rings is 1. The lowest BCUT2D eigenvalue weighted by molar-refractivity contribution is 0.0399. The van der Waals surface area contributed by atoms with Crippen molar-refractivity contribution in [3.8, 4) is 0 Å². The molecule has 1 heterocycles. The van der Waals surface area contributed by atoms with Crippen LogP contribution in [0.2, 0.25) is 0 Å². The lowest BCUT2D eigenvalue weighted by Crippen LogP contribution is -2.38. The molecule has 1 aromatic rings. The van der Waals surface area contributed by atoms with Crippen molar-refractivity contribution in [3.05, 3.63) is 35.4 Å². The largest absolute Gasteiger partial charge is 0.372 e. The average Bonchev–Trinajstić information content (AvgIpc) is 2.64. The Morgan fingerprint density at radius 2 is 1.95 bits per heavy atom. The molecular formula is C15H19F2NO. The lowest BCUT2D eigenvalue weighted by Gasteiger charge is -2.29. The Morgan fingerprint density at radius 3 is 2.79 bits per heavy atom. The van der Waals surface area contributed by atoms with Crippen LogP contribution in [0.25, 0.3) is 0 Å².